The van der Waals surface area contributed by atoms with Gasteiger partial charge in [0.1, 0.15) is 18.6 Å². The van der Waals surface area contributed by atoms with E-state index in [0.717, 1.165) is 41.0 Å². The van der Waals surface area contributed by atoms with Crippen LogP contribution in [0.15, 0.2) is 35.2 Å². The zero-order valence-corrected chi connectivity index (χ0v) is 16.9. The Morgan fingerprint density at radius 1 is 1.27 bits per heavy atom. The molecule has 0 bridgehead atoms. The van der Waals surface area contributed by atoms with E-state index in [9.17, 15) is 0 Å². The van der Waals surface area contributed by atoms with Crippen molar-refractivity contribution in [3.63, 3.8) is 0 Å². The lowest BCUT2D eigenvalue weighted by molar-refractivity contribution is 0.0305. The number of hydrogen-bond donors (Lipinski definition) is 1. The predicted octanol–water partition coefficient (Wildman–Crippen LogP) is 4.33. The summed E-state index contributed by atoms with van der Waals surface area (Å²) in [6.45, 7) is 0.334. The Labute approximate surface area is 177 Å². The Morgan fingerprint density at radius 3 is 3.07 bits per heavy atom. The number of hydrogen-bond acceptors (Lipinski definition) is 6. The van der Waals surface area contributed by atoms with Crippen LogP contribution in [0, 0.1) is 0 Å². The van der Waals surface area contributed by atoms with Crippen molar-refractivity contribution in [2.24, 2.45) is 0 Å². The number of nitrogens with one attached hydrogen (secondary N) is 1. The maximum absolute atomic E-state index is 6.27. The van der Waals surface area contributed by atoms with Gasteiger partial charge in [-0.05, 0) is 31.0 Å². The van der Waals surface area contributed by atoms with Crippen molar-refractivity contribution < 1.29 is 9.26 Å². The Morgan fingerprint density at radius 2 is 2.17 bits per heavy atom. The monoisotopic (exact) mass is 422 g/mol. The fraction of sp³-hybridized carbons (Fsp3) is 0.333. The molecular weight excluding hydrogens is 404 g/mol. The van der Waals surface area contributed by atoms with Gasteiger partial charge in [0.25, 0.3) is 5.89 Å². The average Bonchev–Trinajstić information content (AvgIpc) is 3.54. The van der Waals surface area contributed by atoms with Gasteiger partial charge in [-0.25, -0.2) is 4.98 Å². The molecule has 152 valence electrons. The average molecular weight is 423 g/mol. The smallest absolute Gasteiger partial charge is 0.253 e. The highest BCUT2D eigenvalue weighted by Crippen LogP contribution is 2.37. The van der Waals surface area contributed by atoms with Crippen molar-refractivity contribution >= 4 is 11.6 Å². The fourth-order valence-electron chi connectivity index (χ4n) is 4.37. The topological polar surface area (TPSA) is 94.7 Å². The Balaban J connectivity index is 1.37. The van der Waals surface area contributed by atoms with Crippen LogP contribution in [0.2, 0.25) is 5.02 Å². The molecule has 0 unspecified atom stereocenters. The van der Waals surface area contributed by atoms with Gasteiger partial charge in [-0.3, -0.25) is 5.10 Å². The summed E-state index contributed by atoms with van der Waals surface area (Å²) >= 11 is 6.27. The van der Waals surface area contributed by atoms with Crippen LogP contribution in [0.25, 0.3) is 28.5 Å². The molecule has 4 heterocycles. The minimum atomic E-state index is 0.298. The molecule has 1 aliphatic heterocycles. The minimum absolute atomic E-state index is 0.298. The molecule has 1 N–H and O–H groups in total. The standard InChI is InChI=1S/C21H19ClN6O2/c22-13-5-6-16-15(8-13)19-12(9-24-26-19)7-17-20(23-11-28(16)17)21-25-18(30-27-21)10-29-14-3-1-2-4-14/h5-6,8-9,11,14H,1-4,7,10H2,(H,24,26). The molecule has 30 heavy (non-hydrogen) atoms. The molecule has 1 aliphatic carbocycles. The SMILES string of the molecule is Clc1ccc2c(c1)-c1[nH]ncc1Cc1c(-c3noc(COC4CCCC4)n3)ncn1-2. The van der Waals surface area contributed by atoms with Gasteiger partial charge >= 0.3 is 0 Å². The fourth-order valence-corrected chi connectivity index (χ4v) is 4.54. The third-order valence-corrected chi connectivity index (χ3v) is 6.09. The van der Waals surface area contributed by atoms with Gasteiger partial charge in [-0.2, -0.15) is 10.1 Å². The van der Waals surface area contributed by atoms with Gasteiger partial charge in [0.15, 0.2) is 0 Å². The van der Waals surface area contributed by atoms with E-state index < -0.39 is 0 Å². The van der Waals surface area contributed by atoms with Crippen molar-refractivity contribution in [3.8, 4) is 28.5 Å². The van der Waals surface area contributed by atoms with E-state index in [-0.39, 0.29) is 0 Å². The summed E-state index contributed by atoms with van der Waals surface area (Å²) in [5.41, 5.74) is 5.65. The van der Waals surface area contributed by atoms with E-state index in [0.29, 0.717) is 41.6 Å². The van der Waals surface area contributed by atoms with E-state index in [1.807, 2.05) is 24.4 Å². The first-order chi connectivity index (χ1) is 14.8. The third-order valence-electron chi connectivity index (χ3n) is 5.85. The molecule has 0 atom stereocenters. The molecule has 8 nitrogen and oxygen atoms in total. The number of rotatable bonds is 4. The molecule has 1 fully saturated rings. The second-order valence-electron chi connectivity index (χ2n) is 7.75. The van der Waals surface area contributed by atoms with Crippen LogP contribution in [0.5, 0.6) is 0 Å². The summed E-state index contributed by atoms with van der Waals surface area (Å²) in [6, 6.07) is 5.80. The van der Waals surface area contributed by atoms with E-state index in [1.54, 1.807) is 6.33 Å². The van der Waals surface area contributed by atoms with E-state index in [4.69, 9.17) is 20.9 Å². The number of aromatic nitrogens is 6. The van der Waals surface area contributed by atoms with Crippen LogP contribution in [0.4, 0.5) is 0 Å². The maximum Gasteiger partial charge on any atom is 0.253 e. The molecule has 1 saturated carbocycles. The zero-order chi connectivity index (χ0) is 20.1. The quantitative estimate of drug-likeness (QED) is 0.463. The third kappa shape index (κ3) is 2.95. The van der Waals surface area contributed by atoms with Crippen LogP contribution in [-0.4, -0.2) is 36.0 Å². The summed E-state index contributed by atoms with van der Waals surface area (Å²) in [6.07, 6.45) is 9.22. The number of nitrogens with zero attached hydrogens (tertiary/aromatic N) is 5. The first-order valence-electron chi connectivity index (χ1n) is 10.1. The highest BCUT2D eigenvalue weighted by Gasteiger charge is 2.26. The molecular formula is C21H19ClN6O2. The largest absolute Gasteiger partial charge is 0.368 e. The van der Waals surface area contributed by atoms with Gasteiger partial charge in [0.2, 0.25) is 5.82 Å². The van der Waals surface area contributed by atoms with Crippen molar-refractivity contribution in [2.45, 2.75) is 44.8 Å². The number of aromatic amines is 1. The Bertz CT molecular complexity index is 1220. The van der Waals surface area contributed by atoms with E-state index >= 15 is 0 Å². The summed E-state index contributed by atoms with van der Waals surface area (Å²) in [7, 11) is 0. The number of imidazole rings is 1. The molecule has 6 rings (SSSR count). The normalized spacial score (nSPS) is 15.6. The Kier molecular flexibility index (Phi) is 4.21. The van der Waals surface area contributed by atoms with Crippen LogP contribution in [0.3, 0.4) is 0 Å². The first-order valence-corrected chi connectivity index (χ1v) is 10.5. The first kappa shape index (κ1) is 17.9. The minimum Gasteiger partial charge on any atom is -0.368 e. The molecule has 9 heteroatoms. The number of H-pyrrole nitrogens is 1. The summed E-state index contributed by atoms with van der Waals surface area (Å²) in [5, 5.41) is 12.2. The van der Waals surface area contributed by atoms with Crippen molar-refractivity contribution in [3.05, 3.63) is 52.9 Å². The van der Waals surface area contributed by atoms with Crippen LogP contribution >= 0.6 is 11.6 Å². The van der Waals surface area contributed by atoms with Crippen LogP contribution in [-0.2, 0) is 17.8 Å². The van der Waals surface area contributed by atoms with Gasteiger partial charge in [-0.15, -0.1) is 0 Å². The van der Waals surface area contributed by atoms with Crippen LogP contribution < -0.4 is 0 Å². The molecule has 0 radical (unpaired) electrons. The summed E-state index contributed by atoms with van der Waals surface area (Å²) < 4.78 is 13.4. The number of fused-ring (bicyclic) bond motifs is 5. The van der Waals surface area contributed by atoms with Gasteiger partial charge in [-0.1, -0.05) is 29.6 Å². The Hall–Kier alpha value is -2.97. The zero-order valence-electron chi connectivity index (χ0n) is 16.1. The number of ether oxygens (including phenoxy) is 1. The van der Waals surface area contributed by atoms with E-state index in [1.165, 1.54) is 12.8 Å². The van der Waals surface area contributed by atoms with Crippen LogP contribution in [0.1, 0.15) is 42.8 Å². The summed E-state index contributed by atoms with van der Waals surface area (Å²) in [4.78, 5) is 9.16. The van der Waals surface area contributed by atoms with Crippen molar-refractivity contribution in [1.29, 1.82) is 0 Å². The molecule has 0 spiro atoms. The number of halogens is 1. The molecule has 0 saturated heterocycles. The predicted molar refractivity (Wildman–Crippen MR) is 109 cm³/mol. The second-order valence-corrected chi connectivity index (χ2v) is 8.18. The van der Waals surface area contributed by atoms with Gasteiger partial charge < -0.3 is 13.8 Å². The lowest BCUT2D eigenvalue weighted by Crippen LogP contribution is -2.07. The molecule has 3 aromatic heterocycles. The highest BCUT2D eigenvalue weighted by molar-refractivity contribution is 6.31. The van der Waals surface area contributed by atoms with E-state index in [2.05, 4.69) is 29.9 Å². The highest BCUT2D eigenvalue weighted by atomic mass is 35.5. The van der Waals surface area contributed by atoms with Crippen molar-refractivity contribution in [2.75, 3.05) is 0 Å². The maximum atomic E-state index is 6.27. The second kappa shape index (κ2) is 7.07. The summed E-state index contributed by atoms with van der Waals surface area (Å²) in [5.74, 6) is 0.944. The van der Waals surface area contributed by atoms with Gasteiger partial charge in [0, 0.05) is 22.6 Å². The molecule has 2 aliphatic rings. The number of benzene rings is 1. The molecule has 0 amide bonds. The van der Waals surface area contributed by atoms with Crippen molar-refractivity contribution in [1.82, 2.24) is 29.9 Å². The lowest BCUT2D eigenvalue weighted by atomic mass is 10.0. The van der Waals surface area contributed by atoms with Gasteiger partial charge in [0.05, 0.1) is 29.4 Å². The molecule has 4 aromatic rings. The lowest BCUT2D eigenvalue weighted by Gasteiger charge is -2.09. The molecule has 1 aromatic carbocycles.